The number of hydrogen-bond acceptors (Lipinski definition) is 9. The van der Waals surface area contributed by atoms with E-state index in [1.165, 1.54) is 12.1 Å². The maximum absolute atomic E-state index is 14.0. The fourth-order valence-corrected chi connectivity index (χ4v) is 8.38. The van der Waals surface area contributed by atoms with E-state index < -0.39 is 15.6 Å². The summed E-state index contributed by atoms with van der Waals surface area (Å²) in [6, 6.07) is 5.99. The molecule has 3 unspecified atom stereocenters. The Morgan fingerprint density at radius 3 is 2.62 bits per heavy atom. The molecule has 4 heterocycles. The summed E-state index contributed by atoms with van der Waals surface area (Å²) in [6.07, 6.45) is 6.24. The zero-order valence-corrected chi connectivity index (χ0v) is 32.2. The first-order chi connectivity index (χ1) is 22.4. The largest absolute Gasteiger partial charge is 0.373 e. The van der Waals surface area contributed by atoms with Crippen molar-refractivity contribution in [1.82, 2.24) is 19.5 Å². The van der Waals surface area contributed by atoms with Gasteiger partial charge in [-0.2, -0.15) is 5.10 Å². The fourth-order valence-electron chi connectivity index (χ4n) is 6.33. The topological polar surface area (TPSA) is 144 Å². The van der Waals surface area contributed by atoms with Crippen molar-refractivity contribution in [3.8, 4) is 0 Å². The molecule has 5 rings (SSSR count). The molecule has 2 aliphatic heterocycles. The minimum absolute atomic E-state index is 0.190. The van der Waals surface area contributed by atoms with E-state index >= 15 is 0 Å². The molecule has 0 saturated carbocycles. The van der Waals surface area contributed by atoms with Crippen LogP contribution in [-0.2, 0) is 19.5 Å². The van der Waals surface area contributed by atoms with Crippen LogP contribution in [0, 0.1) is 6.92 Å². The number of halogens is 2. The lowest BCUT2D eigenvalue weighted by Crippen LogP contribution is -2.44. The van der Waals surface area contributed by atoms with Crippen molar-refractivity contribution in [3.63, 3.8) is 0 Å². The number of ether oxygens (including phenoxy) is 2. The number of likely N-dealkylation sites (tertiary alicyclic amines) is 1. The zero-order valence-electron chi connectivity index (χ0n) is 28.5. The predicted octanol–water partition coefficient (Wildman–Crippen LogP) is 5.36. The number of carbonyl (C=O) groups is 1. The van der Waals surface area contributed by atoms with Crippen molar-refractivity contribution in [2.45, 2.75) is 89.7 Å². The van der Waals surface area contributed by atoms with Crippen LogP contribution in [0.15, 0.2) is 30.5 Å². The minimum atomic E-state index is -3.61. The van der Waals surface area contributed by atoms with E-state index in [9.17, 15) is 13.2 Å². The Morgan fingerprint density at radius 2 is 1.92 bits per heavy atom. The number of sulfonamides is 1. The maximum atomic E-state index is 14.0. The lowest BCUT2D eigenvalue weighted by molar-refractivity contribution is -0.142. The van der Waals surface area contributed by atoms with Crippen LogP contribution in [0.1, 0.15) is 81.0 Å². The number of nitrogens with one attached hydrogen (secondary N) is 1. The number of benzene rings is 1. The van der Waals surface area contributed by atoms with Gasteiger partial charge in [-0.15, -0.1) is 0 Å². The number of anilines is 2. The van der Waals surface area contributed by atoms with Gasteiger partial charge in [-0.25, -0.2) is 17.9 Å². The fraction of sp³-hybridized carbons (Fsp3) is 0.606. The number of piperidine rings is 1. The molecule has 3 aromatic rings. The number of aromatic nitrogens is 3. The summed E-state index contributed by atoms with van der Waals surface area (Å²) in [6.45, 7) is 12.5. The molecule has 48 heavy (non-hydrogen) atoms. The molecule has 0 spiro atoms. The number of fused-ring (bicyclic) bond motifs is 1. The molecule has 0 radical (unpaired) electrons. The van der Waals surface area contributed by atoms with Crippen LogP contribution in [0.4, 0.5) is 11.5 Å². The summed E-state index contributed by atoms with van der Waals surface area (Å²) in [7, 11) is -3.61. The molecule has 15 heteroatoms. The third-order valence-corrected chi connectivity index (χ3v) is 10.2. The second-order valence-electron chi connectivity index (χ2n) is 14.2. The molecule has 264 valence electrons. The molecule has 1 amide bonds. The van der Waals surface area contributed by atoms with E-state index in [-0.39, 0.29) is 40.9 Å². The van der Waals surface area contributed by atoms with Crippen molar-refractivity contribution in [2.24, 2.45) is 5.73 Å². The molecule has 1 aromatic carbocycles. The van der Waals surface area contributed by atoms with Gasteiger partial charge in [0.2, 0.25) is 10.0 Å². The summed E-state index contributed by atoms with van der Waals surface area (Å²) < 4.78 is 42.1. The number of alkyl halides is 1. The van der Waals surface area contributed by atoms with E-state index in [0.29, 0.717) is 43.3 Å². The van der Waals surface area contributed by atoms with Crippen LogP contribution in [-0.4, -0.2) is 94.1 Å². The van der Waals surface area contributed by atoms with Crippen molar-refractivity contribution in [3.05, 3.63) is 52.3 Å². The lowest BCUT2D eigenvalue weighted by Gasteiger charge is -2.35. The quantitative estimate of drug-likeness (QED) is 0.183. The average Bonchev–Trinajstić information content (AvgIpc) is 3.57. The van der Waals surface area contributed by atoms with E-state index in [1.54, 1.807) is 15.5 Å². The SMILES string of the molecule is Cc1cn2nc(C3CCCCN3C(=O)c3cc(Cl)ccc3NS(C)(=O)=O)cc2nc1N1CC(N)C(OC(C)(C)COC(C)(C)CCI)C1. The first-order valence-corrected chi connectivity index (χ1v) is 20.1. The van der Waals surface area contributed by atoms with Crippen LogP contribution >= 0.6 is 34.2 Å². The van der Waals surface area contributed by atoms with Gasteiger partial charge in [0, 0.05) is 46.9 Å². The molecule has 2 aromatic heterocycles. The van der Waals surface area contributed by atoms with E-state index in [4.69, 9.17) is 36.9 Å². The summed E-state index contributed by atoms with van der Waals surface area (Å²) in [5.41, 5.74) is 8.60. The Hall–Kier alpha value is -2.24. The molecule has 2 fully saturated rings. The van der Waals surface area contributed by atoms with Gasteiger partial charge in [0.25, 0.3) is 5.91 Å². The predicted molar refractivity (Wildman–Crippen MR) is 198 cm³/mol. The summed E-state index contributed by atoms with van der Waals surface area (Å²) >= 11 is 8.63. The molecule has 2 aliphatic rings. The van der Waals surface area contributed by atoms with Crippen molar-refractivity contribution >= 4 is 67.3 Å². The monoisotopic (exact) mass is 815 g/mol. The Labute approximate surface area is 302 Å². The molecule has 0 bridgehead atoms. The second kappa shape index (κ2) is 14.5. The van der Waals surface area contributed by atoms with Gasteiger partial charge in [0.15, 0.2) is 5.65 Å². The minimum Gasteiger partial charge on any atom is -0.373 e. The van der Waals surface area contributed by atoms with Crippen molar-refractivity contribution in [2.75, 3.05) is 46.5 Å². The van der Waals surface area contributed by atoms with Gasteiger partial charge >= 0.3 is 0 Å². The van der Waals surface area contributed by atoms with E-state index in [1.807, 2.05) is 33.0 Å². The number of nitrogens with zero attached hydrogens (tertiary/aromatic N) is 5. The third kappa shape index (κ3) is 8.91. The highest BCUT2D eigenvalue weighted by Gasteiger charge is 2.38. The first-order valence-electron chi connectivity index (χ1n) is 16.3. The first kappa shape index (κ1) is 37.0. The Morgan fingerprint density at radius 1 is 1.17 bits per heavy atom. The number of nitrogens with two attached hydrogens (primary N) is 1. The number of amides is 1. The third-order valence-electron chi connectivity index (χ3n) is 8.82. The number of carbonyl (C=O) groups excluding carboxylic acids is 1. The molecule has 12 nitrogen and oxygen atoms in total. The Balaban J connectivity index is 1.35. The highest BCUT2D eigenvalue weighted by Crippen LogP contribution is 2.35. The molecule has 3 atom stereocenters. The molecule has 3 N–H and O–H groups in total. The maximum Gasteiger partial charge on any atom is 0.256 e. The van der Waals surface area contributed by atoms with E-state index in [0.717, 1.165) is 47.0 Å². The van der Waals surface area contributed by atoms with Crippen LogP contribution in [0.25, 0.3) is 5.65 Å². The van der Waals surface area contributed by atoms with Gasteiger partial charge < -0.3 is 25.0 Å². The molecular formula is C33H47ClIN7O5S. The van der Waals surface area contributed by atoms with E-state index in [2.05, 4.69) is 46.1 Å². The molecular weight excluding hydrogens is 769 g/mol. The van der Waals surface area contributed by atoms with Gasteiger partial charge in [-0.1, -0.05) is 34.2 Å². The number of hydrogen-bond donors (Lipinski definition) is 2. The molecule has 2 saturated heterocycles. The van der Waals surface area contributed by atoms with Crippen LogP contribution in [0.2, 0.25) is 5.02 Å². The zero-order chi connectivity index (χ0) is 35.0. The average molecular weight is 816 g/mol. The van der Waals surface area contributed by atoms with Gasteiger partial charge in [-0.3, -0.25) is 9.52 Å². The lowest BCUT2D eigenvalue weighted by atomic mass is 9.98. The standard InChI is InChI=1S/C33H47ClIN7O5S/c1-21-17-42-29(37-30(21)40-18-24(36)28(19-40)47-33(4,5)20-46-32(2,3)12-13-35)16-26(38-42)27-9-7-8-14-41(27)31(43)23-15-22(34)10-11-25(23)39-48(6,44)45/h10-11,15-17,24,27-28,39H,7-9,12-14,18-20,36H2,1-6H3. The Kier molecular flexibility index (Phi) is 11.2. The second-order valence-corrected chi connectivity index (χ2v) is 17.4. The smallest absolute Gasteiger partial charge is 0.256 e. The van der Waals surface area contributed by atoms with Gasteiger partial charge in [0.1, 0.15) is 5.82 Å². The van der Waals surface area contributed by atoms with Crippen LogP contribution in [0.3, 0.4) is 0 Å². The van der Waals surface area contributed by atoms with Crippen molar-refractivity contribution in [1.29, 1.82) is 0 Å². The highest BCUT2D eigenvalue weighted by atomic mass is 127. The molecule has 0 aliphatic carbocycles. The number of rotatable bonds is 12. The normalized spacial score (nSPS) is 20.9. The van der Waals surface area contributed by atoms with Crippen LogP contribution in [0.5, 0.6) is 0 Å². The number of aryl methyl sites for hydroxylation is 1. The highest BCUT2D eigenvalue weighted by molar-refractivity contribution is 14.1. The Bertz CT molecular complexity index is 1750. The van der Waals surface area contributed by atoms with Crippen molar-refractivity contribution < 1.29 is 22.7 Å². The van der Waals surface area contributed by atoms with Gasteiger partial charge in [0.05, 0.1) is 59.2 Å². The van der Waals surface area contributed by atoms with Crippen LogP contribution < -0.4 is 15.4 Å². The summed E-state index contributed by atoms with van der Waals surface area (Å²) in [4.78, 5) is 22.9. The summed E-state index contributed by atoms with van der Waals surface area (Å²) in [5.74, 6) is 0.508. The van der Waals surface area contributed by atoms with Gasteiger partial charge in [-0.05, 0) is 78.5 Å². The summed E-state index contributed by atoms with van der Waals surface area (Å²) in [5, 5.41) is 5.20.